The van der Waals surface area contributed by atoms with Crippen LogP contribution < -0.4 is 5.30 Å². The second kappa shape index (κ2) is 7.17. The molecule has 0 aliphatic rings. The molecule has 96 valence electrons. The summed E-state index contributed by atoms with van der Waals surface area (Å²) in [7, 11) is 0.981. The molecule has 1 aromatic rings. The highest BCUT2D eigenvalue weighted by Crippen LogP contribution is 2.31. The molecule has 0 saturated carbocycles. The number of benzene rings is 1. The van der Waals surface area contributed by atoms with Gasteiger partial charge in [-0.25, -0.2) is 0 Å². The van der Waals surface area contributed by atoms with Crippen LogP contribution in [0.3, 0.4) is 0 Å². The lowest BCUT2D eigenvalue weighted by Gasteiger charge is -2.23. The van der Waals surface area contributed by atoms with Crippen LogP contribution in [-0.2, 0) is 0 Å². The maximum Gasteiger partial charge on any atom is -0.0173 e. The van der Waals surface area contributed by atoms with Gasteiger partial charge in [-0.1, -0.05) is 66.0 Å². The van der Waals surface area contributed by atoms with Crippen molar-refractivity contribution in [2.75, 3.05) is 0 Å². The van der Waals surface area contributed by atoms with Gasteiger partial charge in [0.2, 0.25) is 0 Å². The Balaban J connectivity index is 2.73. The molecule has 0 nitrogen and oxygen atoms in total. The summed E-state index contributed by atoms with van der Waals surface area (Å²) >= 11 is 0. The van der Waals surface area contributed by atoms with Crippen molar-refractivity contribution in [1.29, 1.82) is 0 Å². The first-order valence-electron chi connectivity index (χ1n) is 6.92. The van der Waals surface area contributed by atoms with Gasteiger partial charge in [0.15, 0.2) is 0 Å². The molecule has 17 heavy (non-hydrogen) atoms. The van der Waals surface area contributed by atoms with Crippen molar-refractivity contribution >= 4 is 13.9 Å². The van der Waals surface area contributed by atoms with Crippen LogP contribution in [0.2, 0.25) is 0 Å². The Morgan fingerprint density at radius 3 is 2.41 bits per heavy atom. The fraction of sp³-hybridized carbons (Fsp3) is 0.625. The van der Waals surface area contributed by atoms with Crippen molar-refractivity contribution in [3.8, 4) is 0 Å². The fourth-order valence-corrected chi connectivity index (χ4v) is 4.01. The highest BCUT2D eigenvalue weighted by Gasteiger charge is 2.15. The average molecular weight is 250 g/mol. The average Bonchev–Trinajstić information content (AvgIpc) is 2.28. The molecule has 0 saturated heterocycles. The summed E-state index contributed by atoms with van der Waals surface area (Å²) < 4.78 is 0. The quantitative estimate of drug-likeness (QED) is 0.635. The van der Waals surface area contributed by atoms with E-state index in [9.17, 15) is 0 Å². The van der Waals surface area contributed by atoms with Crippen LogP contribution in [0, 0.1) is 19.8 Å². The lowest BCUT2D eigenvalue weighted by molar-refractivity contribution is 0.492. The first-order valence-corrected chi connectivity index (χ1v) is 8.00. The van der Waals surface area contributed by atoms with E-state index < -0.39 is 0 Å². The maximum atomic E-state index is 2.42. The Labute approximate surface area is 109 Å². The predicted molar refractivity (Wildman–Crippen MR) is 82.0 cm³/mol. The van der Waals surface area contributed by atoms with Crippen molar-refractivity contribution in [2.45, 2.75) is 59.5 Å². The van der Waals surface area contributed by atoms with Gasteiger partial charge in [0, 0.05) is 0 Å². The summed E-state index contributed by atoms with van der Waals surface area (Å²) in [5, 5.41) is 1.57. The van der Waals surface area contributed by atoms with Crippen LogP contribution in [0.4, 0.5) is 0 Å². The minimum atomic E-state index is 0.865. The normalized spacial score (nSPS) is 15.4. The zero-order chi connectivity index (χ0) is 12.8. The van der Waals surface area contributed by atoms with Crippen molar-refractivity contribution < 1.29 is 0 Å². The summed E-state index contributed by atoms with van der Waals surface area (Å²) in [6, 6.07) is 6.91. The van der Waals surface area contributed by atoms with Crippen molar-refractivity contribution in [3.63, 3.8) is 0 Å². The van der Waals surface area contributed by atoms with E-state index in [1.165, 1.54) is 30.4 Å². The van der Waals surface area contributed by atoms with Crippen LogP contribution in [0.5, 0.6) is 0 Å². The van der Waals surface area contributed by atoms with Crippen LogP contribution >= 0.6 is 8.58 Å². The van der Waals surface area contributed by atoms with E-state index in [1.807, 2.05) is 0 Å². The first kappa shape index (κ1) is 14.7. The summed E-state index contributed by atoms with van der Waals surface area (Å²) in [4.78, 5) is 0. The molecule has 0 radical (unpaired) electrons. The second-order valence-electron chi connectivity index (χ2n) is 5.24. The Hall–Kier alpha value is -0.350. The van der Waals surface area contributed by atoms with Gasteiger partial charge in [-0.15, -0.1) is 0 Å². The molecular formula is C16H27P. The molecule has 3 atom stereocenters. The van der Waals surface area contributed by atoms with Crippen LogP contribution in [0.25, 0.3) is 0 Å². The molecule has 0 N–H and O–H groups in total. The van der Waals surface area contributed by atoms with Crippen LogP contribution in [0.1, 0.15) is 51.2 Å². The number of hydrogen-bond donors (Lipinski definition) is 0. The standard InChI is InChI=1S/C16H27P/c1-6-8-13(4)15(7-2)17-16-10-9-12(3)11-14(16)5/h9-11,13,15,17H,6-8H2,1-5H3. The largest absolute Gasteiger partial charge is 0.0867 e. The van der Waals surface area contributed by atoms with E-state index in [0.717, 1.165) is 20.2 Å². The second-order valence-corrected chi connectivity index (χ2v) is 6.81. The molecule has 0 aliphatic heterocycles. The van der Waals surface area contributed by atoms with E-state index in [-0.39, 0.29) is 0 Å². The van der Waals surface area contributed by atoms with Crippen LogP contribution in [-0.4, -0.2) is 5.66 Å². The highest BCUT2D eigenvalue weighted by molar-refractivity contribution is 7.48. The first-order chi connectivity index (χ1) is 8.08. The maximum absolute atomic E-state index is 2.42. The van der Waals surface area contributed by atoms with E-state index >= 15 is 0 Å². The summed E-state index contributed by atoms with van der Waals surface area (Å²) in [6.45, 7) is 11.5. The van der Waals surface area contributed by atoms with Gasteiger partial charge >= 0.3 is 0 Å². The SMILES string of the molecule is CCCC(C)C(CC)Pc1ccc(C)cc1C. The third-order valence-electron chi connectivity index (χ3n) is 3.59. The predicted octanol–water partition coefficient (Wildman–Crippen LogP) is 4.82. The molecule has 0 aliphatic carbocycles. The smallest absolute Gasteiger partial charge is 0.0173 e. The van der Waals surface area contributed by atoms with Crippen LogP contribution in [0.15, 0.2) is 18.2 Å². The van der Waals surface area contributed by atoms with Gasteiger partial charge in [-0.2, -0.15) is 0 Å². The molecule has 0 heterocycles. The molecule has 0 bridgehead atoms. The van der Waals surface area contributed by atoms with E-state index in [4.69, 9.17) is 0 Å². The van der Waals surface area contributed by atoms with E-state index in [1.54, 1.807) is 5.30 Å². The van der Waals surface area contributed by atoms with Gasteiger partial charge < -0.3 is 0 Å². The minimum Gasteiger partial charge on any atom is -0.0867 e. The van der Waals surface area contributed by atoms with E-state index in [2.05, 4.69) is 52.8 Å². The molecule has 1 heteroatoms. The summed E-state index contributed by atoms with van der Waals surface area (Å²) in [5.74, 6) is 0.865. The van der Waals surface area contributed by atoms with Gasteiger partial charge in [0.1, 0.15) is 0 Å². The number of hydrogen-bond acceptors (Lipinski definition) is 0. The fourth-order valence-electron chi connectivity index (χ4n) is 2.48. The topological polar surface area (TPSA) is 0 Å². The lowest BCUT2D eigenvalue weighted by Crippen LogP contribution is -2.16. The summed E-state index contributed by atoms with van der Waals surface area (Å²) in [5.41, 5.74) is 3.73. The third-order valence-corrected chi connectivity index (χ3v) is 5.81. The zero-order valence-corrected chi connectivity index (χ0v) is 13.0. The Morgan fingerprint density at radius 2 is 1.88 bits per heavy atom. The third kappa shape index (κ3) is 4.43. The molecule has 0 spiro atoms. The Bertz CT molecular complexity index is 343. The van der Waals surface area contributed by atoms with Gasteiger partial charge in [0.05, 0.1) is 0 Å². The molecular weight excluding hydrogens is 223 g/mol. The van der Waals surface area contributed by atoms with Gasteiger partial charge in [-0.05, 0) is 42.7 Å². The monoisotopic (exact) mass is 250 g/mol. The van der Waals surface area contributed by atoms with E-state index in [0.29, 0.717) is 0 Å². The number of rotatable bonds is 6. The Kier molecular flexibility index (Phi) is 6.20. The van der Waals surface area contributed by atoms with Gasteiger partial charge in [-0.3, -0.25) is 0 Å². The van der Waals surface area contributed by atoms with Crippen molar-refractivity contribution in [1.82, 2.24) is 0 Å². The van der Waals surface area contributed by atoms with Crippen molar-refractivity contribution in [3.05, 3.63) is 29.3 Å². The molecule has 1 aromatic carbocycles. The zero-order valence-electron chi connectivity index (χ0n) is 12.0. The van der Waals surface area contributed by atoms with Gasteiger partial charge in [0.25, 0.3) is 0 Å². The minimum absolute atomic E-state index is 0.865. The lowest BCUT2D eigenvalue weighted by atomic mass is 10.0. The molecule has 0 fully saturated rings. The molecule has 0 aromatic heterocycles. The van der Waals surface area contributed by atoms with Crippen molar-refractivity contribution in [2.24, 2.45) is 5.92 Å². The highest BCUT2D eigenvalue weighted by atomic mass is 31.1. The molecule has 0 amide bonds. The molecule has 3 unspecified atom stereocenters. The number of aryl methyl sites for hydroxylation is 2. The summed E-state index contributed by atoms with van der Waals surface area (Å²) in [6.07, 6.45) is 4.00. The molecule has 1 rings (SSSR count). The Morgan fingerprint density at radius 1 is 1.18 bits per heavy atom.